The lowest BCUT2D eigenvalue weighted by molar-refractivity contribution is -0.167. The van der Waals surface area contributed by atoms with Crippen molar-refractivity contribution in [2.75, 3.05) is 11.1 Å². The molecule has 0 radical (unpaired) electrons. The van der Waals surface area contributed by atoms with E-state index in [0.717, 1.165) is 12.3 Å². The Kier molecular flexibility index (Phi) is 2.99. The first-order chi connectivity index (χ1) is 7.34. The van der Waals surface area contributed by atoms with Crippen LogP contribution >= 0.6 is 0 Å². The fourth-order valence-electron chi connectivity index (χ4n) is 0.830. The van der Waals surface area contributed by atoms with E-state index in [4.69, 9.17) is 11.0 Å². The molecule has 84 valence electrons. The van der Waals surface area contributed by atoms with Crippen molar-refractivity contribution in [1.82, 2.24) is 4.98 Å². The zero-order valence-corrected chi connectivity index (χ0v) is 7.67. The van der Waals surface area contributed by atoms with Crippen LogP contribution in [0.15, 0.2) is 12.3 Å². The van der Waals surface area contributed by atoms with E-state index in [1.807, 2.05) is 0 Å². The second-order valence-corrected chi connectivity index (χ2v) is 2.72. The number of carbonyl (C=O) groups is 1. The van der Waals surface area contributed by atoms with E-state index in [0.29, 0.717) is 0 Å². The number of anilines is 2. The van der Waals surface area contributed by atoms with E-state index in [-0.39, 0.29) is 17.1 Å². The van der Waals surface area contributed by atoms with Gasteiger partial charge in [-0.05, 0) is 6.07 Å². The van der Waals surface area contributed by atoms with Gasteiger partial charge in [-0.1, -0.05) is 0 Å². The number of hydrogen-bond acceptors (Lipinski definition) is 4. The standard InChI is InChI=1S/C8H5F3N4O/c9-8(10,11)7(16)15-5-1-4(2-12)3-14-6(5)13/h1,3H,(H2,13,14)(H,15,16). The molecule has 1 rings (SSSR count). The summed E-state index contributed by atoms with van der Waals surface area (Å²) in [5.41, 5.74) is 4.88. The molecule has 8 heteroatoms. The van der Waals surface area contributed by atoms with Crippen molar-refractivity contribution in [2.45, 2.75) is 6.18 Å². The summed E-state index contributed by atoms with van der Waals surface area (Å²) in [7, 11) is 0. The highest BCUT2D eigenvalue weighted by molar-refractivity contribution is 5.97. The SMILES string of the molecule is N#Cc1cnc(N)c(NC(=O)C(F)(F)F)c1. The van der Waals surface area contributed by atoms with E-state index in [2.05, 4.69) is 4.98 Å². The zero-order chi connectivity index (χ0) is 12.3. The molecule has 5 nitrogen and oxygen atoms in total. The van der Waals surface area contributed by atoms with E-state index in [9.17, 15) is 18.0 Å². The van der Waals surface area contributed by atoms with E-state index >= 15 is 0 Å². The van der Waals surface area contributed by atoms with Gasteiger partial charge in [-0.2, -0.15) is 18.4 Å². The Morgan fingerprint density at radius 3 is 2.69 bits per heavy atom. The van der Waals surface area contributed by atoms with Gasteiger partial charge in [-0.3, -0.25) is 4.79 Å². The Labute approximate surface area is 87.7 Å². The first-order valence-corrected chi connectivity index (χ1v) is 3.88. The smallest absolute Gasteiger partial charge is 0.382 e. The molecule has 0 unspecified atom stereocenters. The number of hydrogen-bond donors (Lipinski definition) is 2. The Morgan fingerprint density at radius 1 is 1.56 bits per heavy atom. The fourth-order valence-corrected chi connectivity index (χ4v) is 0.830. The molecule has 0 saturated heterocycles. The van der Waals surface area contributed by atoms with Crippen LogP contribution in [0.1, 0.15) is 5.56 Å². The number of halogens is 3. The molecule has 3 N–H and O–H groups in total. The molecule has 0 aliphatic carbocycles. The predicted molar refractivity (Wildman–Crippen MR) is 48.0 cm³/mol. The minimum atomic E-state index is -5.02. The molecule has 1 heterocycles. The molecule has 0 bridgehead atoms. The van der Waals surface area contributed by atoms with Crippen LogP contribution in [0, 0.1) is 11.3 Å². The molecule has 1 amide bonds. The van der Waals surface area contributed by atoms with Crippen LogP contribution in [0.4, 0.5) is 24.7 Å². The summed E-state index contributed by atoms with van der Waals surface area (Å²) in [6.07, 6.45) is -3.94. The van der Waals surface area contributed by atoms with E-state index in [1.165, 1.54) is 5.32 Å². The van der Waals surface area contributed by atoms with Gasteiger partial charge in [0, 0.05) is 6.20 Å². The molecule has 1 aromatic heterocycles. The molecular formula is C8H5F3N4O. The summed E-state index contributed by atoms with van der Waals surface area (Å²) in [6, 6.07) is 2.66. The first kappa shape index (κ1) is 11.8. The number of rotatable bonds is 1. The number of pyridine rings is 1. The van der Waals surface area contributed by atoms with Crippen LogP contribution in [0.5, 0.6) is 0 Å². The minimum absolute atomic E-state index is 0.00771. The molecule has 0 fully saturated rings. The highest BCUT2D eigenvalue weighted by Gasteiger charge is 2.39. The Bertz CT molecular complexity index is 463. The van der Waals surface area contributed by atoms with Crippen LogP contribution < -0.4 is 11.1 Å². The van der Waals surface area contributed by atoms with Gasteiger partial charge in [0.2, 0.25) is 0 Å². The number of nitriles is 1. The molecule has 0 aromatic carbocycles. The third kappa shape index (κ3) is 2.60. The highest BCUT2D eigenvalue weighted by atomic mass is 19.4. The van der Waals surface area contributed by atoms with Crippen LogP contribution in [-0.2, 0) is 4.79 Å². The molecule has 1 aromatic rings. The van der Waals surface area contributed by atoms with Gasteiger partial charge in [0.05, 0.1) is 11.3 Å². The lowest BCUT2D eigenvalue weighted by Crippen LogP contribution is -2.30. The van der Waals surface area contributed by atoms with Gasteiger partial charge < -0.3 is 11.1 Å². The third-order valence-electron chi connectivity index (χ3n) is 1.55. The maximum absolute atomic E-state index is 11.9. The second-order valence-electron chi connectivity index (χ2n) is 2.72. The minimum Gasteiger partial charge on any atom is -0.382 e. The predicted octanol–water partition coefficient (Wildman–Crippen LogP) is 1.04. The molecule has 0 saturated carbocycles. The number of amides is 1. The molecule has 0 aliphatic heterocycles. The van der Waals surface area contributed by atoms with Crippen LogP contribution in [-0.4, -0.2) is 17.1 Å². The van der Waals surface area contributed by atoms with Gasteiger partial charge in [0.1, 0.15) is 11.9 Å². The normalized spacial score (nSPS) is 10.6. The van der Waals surface area contributed by atoms with E-state index in [1.54, 1.807) is 6.07 Å². The van der Waals surface area contributed by atoms with Crippen molar-refractivity contribution in [1.29, 1.82) is 5.26 Å². The summed E-state index contributed by atoms with van der Waals surface area (Å²) in [4.78, 5) is 14.0. The molecule has 0 atom stereocenters. The Hall–Kier alpha value is -2.30. The summed E-state index contributed by atoms with van der Waals surface area (Å²) >= 11 is 0. The largest absolute Gasteiger partial charge is 0.471 e. The number of nitrogen functional groups attached to an aromatic ring is 1. The molecular weight excluding hydrogens is 225 g/mol. The van der Waals surface area contributed by atoms with Crippen molar-refractivity contribution >= 4 is 17.4 Å². The highest BCUT2D eigenvalue weighted by Crippen LogP contribution is 2.21. The summed E-state index contributed by atoms with van der Waals surface area (Å²) in [5.74, 6) is -2.47. The van der Waals surface area contributed by atoms with Gasteiger partial charge in [-0.25, -0.2) is 4.98 Å². The lowest BCUT2D eigenvalue weighted by Gasteiger charge is -2.09. The number of aromatic nitrogens is 1. The number of nitrogens with zero attached hydrogens (tertiary/aromatic N) is 2. The fraction of sp³-hybridized carbons (Fsp3) is 0.125. The number of alkyl halides is 3. The zero-order valence-electron chi connectivity index (χ0n) is 7.67. The van der Waals surface area contributed by atoms with Gasteiger partial charge in [0.15, 0.2) is 0 Å². The van der Waals surface area contributed by atoms with Gasteiger partial charge in [-0.15, -0.1) is 0 Å². The summed E-state index contributed by atoms with van der Waals surface area (Å²) < 4.78 is 35.7. The molecule has 0 aliphatic rings. The van der Waals surface area contributed by atoms with Crippen molar-refractivity contribution in [3.05, 3.63) is 17.8 Å². The topological polar surface area (TPSA) is 91.8 Å². The van der Waals surface area contributed by atoms with Crippen LogP contribution in [0.25, 0.3) is 0 Å². The first-order valence-electron chi connectivity index (χ1n) is 3.88. The number of nitrogens with two attached hydrogens (primary N) is 1. The lowest BCUT2D eigenvalue weighted by atomic mass is 10.2. The maximum atomic E-state index is 11.9. The molecule has 0 spiro atoms. The monoisotopic (exact) mass is 230 g/mol. The van der Waals surface area contributed by atoms with Gasteiger partial charge >= 0.3 is 12.1 Å². The van der Waals surface area contributed by atoms with E-state index < -0.39 is 12.1 Å². The number of nitrogens with one attached hydrogen (secondary N) is 1. The molecule has 16 heavy (non-hydrogen) atoms. The third-order valence-corrected chi connectivity index (χ3v) is 1.55. The van der Waals surface area contributed by atoms with Crippen molar-refractivity contribution in [3.8, 4) is 6.07 Å². The average molecular weight is 230 g/mol. The Balaban J connectivity index is 2.98. The van der Waals surface area contributed by atoms with Gasteiger partial charge in [0.25, 0.3) is 0 Å². The van der Waals surface area contributed by atoms with Crippen molar-refractivity contribution in [3.63, 3.8) is 0 Å². The Morgan fingerprint density at radius 2 is 2.19 bits per heavy atom. The number of carbonyl (C=O) groups excluding carboxylic acids is 1. The average Bonchev–Trinajstić information content (AvgIpc) is 2.19. The summed E-state index contributed by atoms with van der Waals surface area (Å²) in [6.45, 7) is 0. The maximum Gasteiger partial charge on any atom is 0.471 e. The van der Waals surface area contributed by atoms with Crippen LogP contribution in [0.2, 0.25) is 0 Å². The second kappa shape index (κ2) is 4.06. The quantitative estimate of drug-likeness (QED) is 0.753. The van der Waals surface area contributed by atoms with Crippen molar-refractivity contribution in [2.24, 2.45) is 0 Å². The summed E-state index contributed by atoms with van der Waals surface area (Å²) in [5, 5.41) is 10.0. The van der Waals surface area contributed by atoms with Crippen molar-refractivity contribution < 1.29 is 18.0 Å². The van der Waals surface area contributed by atoms with Crippen LogP contribution in [0.3, 0.4) is 0 Å².